The Kier molecular flexibility index (Phi) is 7.12. The largest absolute Gasteiger partial charge is 0.492 e. The fourth-order valence-electron chi connectivity index (χ4n) is 2.00. The average Bonchev–Trinajstić information content (AvgIpc) is 2.90. The van der Waals surface area contributed by atoms with Crippen LogP contribution >= 0.6 is 11.3 Å². The summed E-state index contributed by atoms with van der Waals surface area (Å²) in [6, 6.07) is 3.47. The van der Waals surface area contributed by atoms with Crippen molar-refractivity contribution in [3.63, 3.8) is 0 Å². The highest BCUT2D eigenvalue weighted by Gasteiger charge is 2.05. The molecule has 0 bridgehead atoms. The third-order valence-electron chi connectivity index (χ3n) is 3.34. The van der Waals surface area contributed by atoms with Crippen molar-refractivity contribution in [2.24, 2.45) is 4.99 Å². The number of nitrogens with zero attached hydrogens (tertiary/aromatic N) is 2. The number of rotatable bonds is 7. The van der Waals surface area contributed by atoms with Crippen molar-refractivity contribution in [1.82, 2.24) is 15.6 Å². The van der Waals surface area contributed by atoms with Crippen molar-refractivity contribution in [3.05, 3.63) is 45.4 Å². The Balaban J connectivity index is 1.82. The van der Waals surface area contributed by atoms with Gasteiger partial charge in [0.1, 0.15) is 17.4 Å². The molecule has 5 nitrogen and oxygen atoms in total. The Morgan fingerprint density at radius 2 is 2.04 bits per heavy atom. The monoisotopic (exact) mass is 368 g/mol. The second kappa shape index (κ2) is 9.31. The first-order valence-electron chi connectivity index (χ1n) is 8.02. The van der Waals surface area contributed by atoms with Crippen LogP contribution in [0.5, 0.6) is 5.75 Å². The number of hydrogen-bond acceptors (Lipinski definition) is 4. The SMILES string of the molecule is CCNC(=NCc1nc(C)c(C)s1)NCCOc1ccc(F)c(F)c1. The zero-order valence-corrected chi connectivity index (χ0v) is 15.3. The van der Waals surface area contributed by atoms with Gasteiger partial charge in [0.15, 0.2) is 17.6 Å². The number of thiazole rings is 1. The van der Waals surface area contributed by atoms with Crippen LogP contribution in [0.1, 0.15) is 22.5 Å². The van der Waals surface area contributed by atoms with Crippen LogP contribution in [0.2, 0.25) is 0 Å². The molecule has 2 N–H and O–H groups in total. The fourth-order valence-corrected chi connectivity index (χ4v) is 2.86. The van der Waals surface area contributed by atoms with Gasteiger partial charge in [-0.05, 0) is 32.9 Å². The van der Waals surface area contributed by atoms with Gasteiger partial charge in [0.2, 0.25) is 0 Å². The molecule has 8 heteroatoms. The van der Waals surface area contributed by atoms with Crippen molar-refractivity contribution in [1.29, 1.82) is 0 Å². The summed E-state index contributed by atoms with van der Waals surface area (Å²) in [6.45, 7) is 8.00. The van der Waals surface area contributed by atoms with Crippen LogP contribution in [-0.2, 0) is 6.54 Å². The summed E-state index contributed by atoms with van der Waals surface area (Å²) in [6.07, 6.45) is 0. The van der Waals surface area contributed by atoms with Crippen LogP contribution in [0.25, 0.3) is 0 Å². The molecule has 25 heavy (non-hydrogen) atoms. The highest BCUT2D eigenvalue weighted by Crippen LogP contribution is 2.17. The summed E-state index contributed by atoms with van der Waals surface area (Å²) >= 11 is 1.64. The Morgan fingerprint density at radius 3 is 2.68 bits per heavy atom. The summed E-state index contributed by atoms with van der Waals surface area (Å²) in [4.78, 5) is 10.1. The molecule has 2 rings (SSSR count). The van der Waals surface area contributed by atoms with Gasteiger partial charge in [0.25, 0.3) is 0 Å². The molecule has 136 valence electrons. The Labute approximate surface area is 150 Å². The van der Waals surface area contributed by atoms with E-state index in [4.69, 9.17) is 4.74 Å². The van der Waals surface area contributed by atoms with Gasteiger partial charge >= 0.3 is 0 Å². The van der Waals surface area contributed by atoms with Gasteiger partial charge in [-0.15, -0.1) is 11.3 Å². The van der Waals surface area contributed by atoms with Crippen LogP contribution in [0.15, 0.2) is 23.2 Å². The lowest BCUT2D eigenvalue weighted by molar-refractivity contribution is 0.318. The standard InChI is InChI=1S/C17H22F2N4OS/c1-4-20-17(22-10-16-23-11(2)12(3)25-16)21-7-8-24-13-5-6-14(18)15(19)9-13/h5-6,9H,4,7-8,10H2,1-3H3,(H2,20,21,22). The molecule has 2 aromatic rings. The number of halogens is 2. The number of aryl methyl sites for hydroxylation is 2. The van der Waals surface area contributed by atoms with Gasteiger partial charge in [-0.1, -0.05) is 0 Å². The summed E-state index contributed by atoms with van der Waals surface area (Å²) < 4.78 is 31.4. The molecule has 1 aromatic carbocycles. The lowest BCUT2D eigenvalue weighted by Gasteiger charge is -2.12. The van der Waals surface area contributed by atoms with Crippen molar-refractivity contribution in [2.75, 3.05) is 19.7 Å². The van der Waals surface area contributed by atoms with E-state index in [0.29, 0.717) is 25.7 Å². The molecule has 0 radical (unpaired) electrons. The molecule has 1 heterocycles. The summed E-state index contributed by atoms with van der Waals surface area (Å²) in [5, 5.41) is 7.23. The number of hydrogen-bond donors (Lipinski definition) is 2. The molecule has 0 aliphatic rings. The number of aliphatic imine (C=N–C) groups is 1. The van der Waals surface area contributed by atoms with Gasteiger partial charge in [-0.25, -0.2) is 18.8 Å². The zero-order valence-electron chi connectivity index (χ0n) is 14.5. The topological polar surface area (TPSA) is 58.5 Å². The van der Waals surface area contributed by atoms with Crippen molar-refractivity contribution < 1.29 is 13.5 Å². The van der Waals surface area contributed by atoms with E-state index in [1.807, 2.05) is 20.8 Å². The predicted octanol–water partition coefficient (Wildman–Crippen LogP) is 3.17. The summed E-state index contributed by atoms with van der Waals surface area (Å²) in [5.74, 6) is -0.868. The third kappa shape index (κ3) is 5.97. The molecule has 1 aromatic heterocycles. The number of nitrogens with one attached hydrogen (secondary N) is 2. The Bertz CT molecular complexity index is 714. The minimum absolute atomic E-state index is 0.288. The van der Waals surface area contributed by atoms with Crippen molar-refractivity contribution >= 4 is 17.3 Å². The first kappa shape index (κ1) is 19.1. The second-order valence-electron chi connectivity index (χ2n) is 5.30. The van der Waals surface area contributed by atoms with E-state index in [0.717, 1.165) is 29.4 Å². The number of benzene rings is 1. The lowest BCUT2D eigenvalue weighted by atomic mass is 10.3. The summed E-state index contributed by atoms with van der Waals surface area (Å²) in [5.41, 5.74) is 1.04. The molecule has 0 atom stereocenters. The minimum atomic E-state index is -0.922. The number of guanidine groups is 1. The maximum atomic E-state index is 13.1. The Hall–Kier alpha value is -2.22. The molecule has 0 spiro atoms. The molecule has 0 unspecified atom stereocenters. The van der Waals surface area contributed by atoms with Gasteiger partial charge < -0.3 is 15.4 Å². The van der Waals surface area contributed by atoms with Gasteiger partial charge in [0.05, 0.1) is 18.8 Å². The van der Waals surface area contributed by atoms with E-state index >= 15 is 0 Å². The summed E-state index contributed by atoms with van der Waals surface area (Å²) in [7, 11) is 0. The van der Waals surface area contributed by atoms with Crippen LogP contribution in [0.3, 0.4) is 0 Å². The molecule has 0 aliphatic heterocycles. The quantitative estimate of drug-likeness (QED) is 0.448. The van der Waals surface area contributed by atoms with Crippen LogP contribution in [0, 0.1) is 25.5 Å². The van der Waals surface area contributed by atoms with E-state index in [9.17, 15) is 8.78 Å². The molecular formula is C17H22F2N4OS. The van der Waals surface area contributed by atoms with E-state index in [1.54, 1.807) is 11.3 Å². The molecular weight excluding hydrogens is 346 g/mol. The lowest BCUT2D eigenvalue weighted by Crippen LogP contribution is -2.39. The molecule has 0 saturated carbocycles. The van der Waals surface area contributed by atoms with Gasteiger partial charge in [-0.3, -0.25) is 0 Å². The first-order valence-corrected chi connectivity index (χ1v) is 8.84. The zero-order chi connectivity index (χ0) is 18.2. The fraction of sp³-hybridized carbons (Fsp3) is 0.412. The van der Waals surface area contributed by atoms with Crippen molar-refractivity contribution in [3.8, 4) is 5.75 Å². The van der Waals surface area contributed by atoms with E-state index in [-0.39, 0.29) is 5.75 Å². The smallest absolute Gasteiger partial charge is 0.191 e. The van der Waals surface area contributed by atoms with Crippen LogP contribution < -0.4 is 15.4 Å². The predicted molar refractivity (Wildman–Crippen MR) is 96.3 cm³/mol. The average molecular weight is 368 g/mol. The van der Waals surface area contributed by atoms with E-state index < -0.39 is 11.6 Å². The van der Waals surface area contributed by atoms with Gasteiger partial charge in [-0.2, -0.15) is 0 Å². The van der Waals surface area contributed by atoms with Crippen LogP contribution in [-0.4, -0.2) is 30.6 Å². The molecule has 0 aliphatic carbocycles. The Morgan fingerprint density at radius 1 is 1.24 bits per heavy atom. The second-order valence-corrected chi connectivity index (χ2v) is 6.58. The highest BCUT2D eigenvalue weighted by atomic mass is 32.1. The maximum absolute atomic E-state index is 13.1. The molecule has 0 fully saturated rings. The number of aromatic nitrogens is 1. The van der Waals surface area contributed by atoms with E-state index in [2.05, 4.69) is 20.6 Å². The van der Waals surface area contributed by atoms with E-state index in [1.165, 1.54) is 10.9 Å². The highest BCUT2D eigenvalue weighted by molar-refractivity contribution is 7.11. The van der Waals surface area contributed by atoms with Gasteiger partial charge in [0, 0.05) is 17.5 Å². The van der Waals surface area contributed by atoms with Crippen LogP contribution in [0.4, 0.5) is 8.78 Å². The minimum Gasteiger partial charge on any atom is -0.492 e. The van der Waals surface area contributed by atoms with Crippen molar-refractivity contribution in [2.45, 2.75) is 27.3 Å². The molecule has 0 amide bonds. The number of ether oxygens (including phenoxy) is 1. The normalized spacial score (nSPS) is 11.5. The molecule has 0 saturated heterocycles. The first-order chi connectivity index (χ1) is 12.0. The maximum Gasteiger partial charge on any atom is 0.191 e. The third-order valence-corrected chi connectivity index (χ3v) is 4.40.